The standard InChI is InChI=1S/C20H21N3O4S/c1-13-8-9-18(26-4)19(10-13)28(24,25)23-16-6-5-7-17(12-16)27-20-21-14(2)11-15(3)22-20/h5-12,23H,1-4H3. The average molecular weight is 399 g/mol. The molecule has 0 fully saturated rings. The minimum atomic E-state index is -3.84. The van der Waals surface area contributed by atoms with Gasteiger partial charge in [-0.2, -0.15) is 0 Å². The fourth-order valence-electron chi connectivity index (χ4n) is 2.67. The van der Waals surface area contributed by atoms with Gasteiger partial charge in [0.15, 0.2) is 0 Å². The molecular formula is C20H21N3O4S. The van der Waals surface area contributed by atoms with Gasteiger partial charge >= 0.3 is 6.01 Å². The number of benzene rings is 2. The number of hydrogen-bond acceptors (Lipinski definition) is 6. The molecule has 0 bridgehead atoms. The van der Waals surface area contributed by atoms with E-state index in [1.54, 1.807) is 42.5 Å². The van der Waals surface area contributed by atoms with Crippen molar-refractivity contribution in [2.75, 3.05) is 11.8 Å². The van der Waals surface area contributed by atoms with Gasteiger partial charge in [-0.3, -0.25) is 4.72 Å². The van der Waals surface area contributed by atoms with Crippen molar-refractivity contribution in [3.63, 3.8) is 0 Å². The van der Waals surface area contributed by atoms with Crippen LogP contribution in [0.5, 0.6) is 17.5 Å². The van der Waals surface area contributed by atoms with Gasteiger partial charge in [-0.25, -0.2) is 18.4 Å². The highest BCUT2D eigenvalue weighted by Crippen LogP contribution is 2.28. The highest BCUT2D eigenvalue weighted by molar-refractivity contribution is 7.92. The quantitative estimate of drug-likeness (QED) is 0.674. The van der Waals surface area contributed by atoms with Crippen LogP contribution in [0.1, 0.15) is 17.0 Å². The third-order valence-corrected chi connectivity index (χ3v) is 5.27. The first-order valence-corrected chi connectivity index (χ1v) is 10.0. The summed E-state index contributed by atoms with van der Waals surface area (Å²) in [6.07, 6.45) is 0. The molecule has 0 radical (unpaired) electrons. The van der Waals surface area contributed by atoms with E-state index in [0.29, 0.717) is 11.4 Å². The van der Waals surface area contributed by atoms with Gasteiger partial charge in [-0.1, -0.05) is 12.1 Å². The van der Waals surface area contributed by atoms with Crippen LogP contribution in [0.3, 0.4) is 0 Å². The van der Waals surface area contributed by atoms with Crippen molar-refractivity contribution in [3.05, 3.63) is 65.5 Å². The number of aromatic nitrogens is 2. The molecule has 8 heteroatoms. The molecule has 3 rings (SSSR count). The molecule has 7 nitrogen and oxygen atoms in total. The second-order valence-electron chi connectivity index (χ2n) is 6.32. The lowest BCUT2D eigenvalue weighted by molar-refractivity contribution is 0.402. The topological polar surface area (TPSA) is 90.4 Å². The lowest BCUT2D eigenvalue weighted by Crippen LogP contribution is -2.14. The van der Waals surface area contributed by atoms with E-state index in [2.05, 4.69) is 14.7 Å². The second kappa shape index (κ2) is 7.85. The minimum Gasteiger partial charge on any atom is -0.495 e. The molecule has 1 heterocycles. The predicted molar refractivity (Wildman–Crippen MR) is 107 cm³/mol. The summed E-state index contributed by atoms with van der Waals surface area (Å²) in [6.45, 7) is 5.51. The van der Waals surface area contributed by atoms with E-state index in [0.717, 1.165) is 17.0 Å². The normalized spacial score (nSPS) is 11.1. The molecule has 0 aliphatic rings. The molecule has 0 amide bonds. The maximum Gasteiger partial charge on any atom is 0.322 e. The summed E-state index contributed by atoms with van der Waals surface area (Å²) >= 11 is 0. The van der Waals surface area contributed by atoms with Gasteiger partial charge in [0.2, 0.25) is 0 Å². The predicted octanol–water partition coefficient (Wildman–Crippen LogP) is 4.00. The summed E-state index contributed by atoms with van der Waals surface area (Å²) in [7, 11) is -2.41. The van der Waals surface area contributed by atoms with Crippen LogP contribution in [-0.2, 0) is 10.0 Å². The van der Waals surface area contributed by atoms with Crippen LogP contribution in [-0.4, -0.2) is 25.5 Å². The molecule has 0 spiro atoms. The fourth-order valence-corrected chi connectivity index (χ4v) is 3.98. The lowest BCUT2D eigenvalue weighted by Gasteiger charge is -2.13. The fraction of sp³-hybridized carbons (Fsp3) is 0.200. The first kappa shape index (κ1) is 19.6. The molecule has 0 saturated heterocycles. The van der Waals surface area contributed by atoms with E-state index in [9.17, 15) is 8.42 Å². The van der Waals surface area contributed by atoms with Crippen LogP contribution in [0.4, 0.5) is 5.69 Å². The van der Waals surface area contributed by atoms with Crippen molar-refractivity contribution in [2.24, 2.45) is 0 Å². The third-order valence-electron chi connectivity index (χ3n) is 3.87. The number of hydrogen-bond donors (Lipinski definition) is 1. The first-order valence-electron chi connectivity index (χ1n) is 8.54. The van der Waals surface area contributed by atoms with Gasteiger partial charge in [-0.15, -0.1) is 0 Å². The van der Waals surface area contributed by atoms with Crippen LogP contribution < -0.4 is 14.2 Å². The van der Waals surface area contributed by atoms with Crippen molar-refractivity contribution in [2.45, 2.75) is 25.7 Å². The van der Waals surface area contributed by atoms with E-state index in [1.807, 2.05) is 26.8 Å². The van der Waals surface area contributed by atoms with Crippen molar-refractivity contribution < 1.29 is 17.9 Å². The zero-order valence-corrected chi connectivity index (χ0v) is 16.9. The molecule has 1 aromatic heterocycles. The first-order chi connectivity index (χ1) is 13.3. The Hall–Kier alpha value is -3.13. The van der Waals surface area contributed by atoms with Gasteiger partial charge in [0.25, 0.3) is 10.0 Å². The number of sulfonamides is 1. The van der Waals surface area contributed by atoms with E-state index in [-0.39, 0.29) is 16.7 Å². The number of ether oxygens (including phenoxy) is 2. The smallest absolute Gasteiger partial charge is 0.322 e. The highest BCUT2D eigenvalue weighted by Gasteiger charge is 2.20. The van der Waals surface area contributed by atoms with E-state index < -0.39 is 10.0 Å². The summed E-state index contributed by atoms with van der Waals surface area (Å²) in [5.74, 6) is 0.690. The van der Waals surface area contributed by atoms with E-state index in [4.69, 9.17) is 9.47 Å². The van der Waals surface area contributed by atoms with E-state index >= 15 is 0 Å². The average Bonchev–Trinajstić information content (AvgIpc) is 2.60. The van der Waals surface area contributed by atoms with Gasteiger partial charge < -0.3 is 9.47 Å². The Morgan fingerprint density at radius 1 is 0.929 bits per heavy atom. The van der Waals surface area contributed by atoms with E-state index in [1.165, 1.54) is 7.11 Å². The minimum absolute atomic E-state index is 0.0685. The van der Waals surface area contributed by atoms with Crippen molar-refractivity contribution in [1.82, 2.24) is 9.97 Å². The highest BCUT2D eigenvalue weighted by atomic mass is 32.2. The number of aryl methyl sites for hydroxylation is 3. The Labute approximate surface area is 164 Å². The molecule has 0 aliphatic carbocycles. The van der Waals surface area contributed by atoms with Crippen molar-refractivity contribution in [1.29, 1.82) is 0 Å². The Balaban J connectivity index is 1.87. The molecular weight excluding hydrogens is 378 g/mol. The maximum atomic E-state index is 12.8. The molecule has 146 valence electrons. The lowest BCUT2D eigenvalue weighted by atomic mass is 10.2. The van der Waals surface area contributed by atoms with Crippen molar-refractivity contribution in [3.8, 4) is 17.5 Å². The van der Waals surface area contributed by atoms with Crippen molar-refractivity contribution >= 4 is 15.7 Å². The Kier molecular flexibility index (Phi) is 5.51. The summed E-state index contributed by atoms with van der Waals surface area (Å²) in [4.78, 5) is 8.52. The van der Waals surface area contributed by atoms with Crippen LogP contribution in [0.2, 0.25) is 0 Å². The Bertz CT molecular complexity index is 1090. The second-order valence-corrected chi connectivity index (χ2v) is 7.97. The van der Waals surface area contributed by atoms with Gasteiger partial charge in [0.05, 0.1) is 12.8 Å². The summed E-state index contributed by atoms with van der Waals surface area (Å²) in [6, 6.07) is 13.6. The summed E-state index contributed by atoms with van der Waals surface area (Å²) in [5, 5.41) is 0. The molecule has 0 unspecified atom stereocenters. The maximum absolute atomic E-state index is 12.8. The van der Waals surface area contributed by atoms with Crippen LogP contribution >= 0.6 is 0 Å². The summed E-state index contributed by atoms with van der Waals surface area (Å²) in [5.41, 5.74) is 2.73. The number of nitrogens with one attached hydrogen (secondary N) is 1. The third kappa shape index (κ3) is 4.58. The molecule has 2 aromatic carbocycles. The number of nitrogens with zero attached hydrogens (tertiary/aromatic N) is 2. The molecule has 0 aliphatic heterocycles. The van der Waals surface area contributed by atoms with Gasteiger partial charge in [0.1, 0.15) is 16.4 Å². The Morgan fingerprint density at radius 3 is 2.32 bits per heavy atom. The number of methoxy groups -OCH3 is 1. The summed E-state index contributed by atoms with van der Waals surface area (Å²) < 4.78 is 39.1. The van der Waals surface area contributed by atoms with Gasteiger partial charge in [0, 0.05) is 17.5 Å². The monoisotopic (exact) mass is 399 g/mol. The zero-order valence-electron chi connectivity index (χ0n) is 16.1. The van der Waals surface area contributed by atoms with Crippen LogP contribution in [0.25, 0.3) is 0 Å². The number of rotatable bonds is 6. The zero-order chi connectivity index (χ0) is 20.3. The molecule has 3 aromatic rings. The SMILES string of the molecule is COc1ccc(C)cc1S(=O)(=O)Nc1cccc(Oc2nc(C)cc(C)n2)c1. The van der Waals surface area contributed by atoms with Crippen LogP contribution in [0.15, 0.2) is 53.4 Å². The van der Waals surface area contributed by atoms with Gasteiger partial charge in [-0.05, 0) is 56.7 Å². The molecule has 28 heavy (non-hydrogen) atoms. The molecule has 0 atom stereocenters. The molecule has 0 saturated carbocycles. The molecule has 1 N–H and O–H groups in total. The Morgan fingerprint density at radius 2 is 1.64 bits per heavy atom. The van der Waals surface area contributed by atoms with Crippen LogP contribution in [0, 0.1) is 20.8 Å². The number of anilines is 1. The largest absolute Gasteiger partial charge is 0.495 e.